The van der Waals surface area contributed by atoms with E-state index in [4.69, 9.17) is 5.11 Å². The zero-order valence-electron chi connectivity index (χ0n) is 7.98. The highest BCUT2D eigenvalue weighted by Crippen LogP contribution is 2.22. The maximum Gasteiger partial charge on any atom is 0.257 e. The molecule has 2 atom stereocenters. The highest BCUT2D eigenvalue weighted by atomic mass is 16.3. The standard InChI is InChI=1S/C9H13NO4/c1-4-3-6(12)7(9(14)10-4)8(13)5(2)11/h3,5,8,11,13H,1-2H3,(H2,10,12,14). The van der Waals surface area contributed by atoms with Crippen LogP contribution in [0.2, 0.25) is 0 Å². The number of aliphatic hydroxyl groups is 2. The fourth-order valence-electron chi connectivity index (χ4n) is 1.21. The van der Waals surface area contributed by atoms with E-state index in [-0.39, 0.29) is 11.3 Å². The Morgan fingerprint density at radius 2 is 2.00 bits per heavy atom. The van der Waals surface area contributed by atoms with Gasteiger partial charge in [-0.3, -0.25) is 4.79 Å². The van der Waals surface area contributed by atoms with Crippen LogP contribution >= 0.6 is 0 Å². The number of hydrogen-bond donors (Lipinski definition) is 4. The smallest absolute Gasteiger partial charge is 0.257 e. The molecule has 1 aromatic heterocycles. The summed E-state index contributed by atoms with van der Waals surface area (Å²) >= 11 is 0. The molecule has 1 aromatic rings. The van der Waals surface area contributed by atoms with Crippen LogP contribution in [-0.4, -0.2) is 26.4 Å². The minimum atomic E-state index is -1.38. The number of aryl methyl sites for hydroxylation is 1. The van der Waals surface area contributed by atoms with Crippen molar-refractivity contribution in [2.45, 2.75) is 26.1 Å². The van der Waals surface area contributed by atoms with E-state index in [0.717, 1.165) is 0 Å². The van der Waals surface area contributed by atoms with Crippen LogP contribution in [0.5, 0.6) is 5.75 Å². The first kappa shape index (κ1) is 10.7. The summed E-state index contributed by atoms with van der Waals surface area (Å²) in [4.78, 5) is 13.7. The van der Waals surface area contributed by atoms with E-state index in [1.54, 1.807) is 6.92 Å². The molecule has 0 bridgehead atoms. The van der Waals surface area contributed by atoms with Crippen LogP contribution in [0.4, 0.5) is 0 Å². The van der Waals surface area contributed by atoms with E-state index in [0.29, 0.717) is 5.69 Å². The molecular weight excluding hydrogens is 186 g/mol. The lowest BCUT2D eigenvalue weighted by Crippen LogP contribution is -2.23. The Balaban J connectivity index is 3.28. The van der Waals surface area contributed by atoms with Gasteiger partial charge in [0.15, 0.2) is 0 Å². The maximum atomic E-state index is 11.3. The van der Waals surface area contributed by atoms with Gasteiger partial charge in [0, 0.05) is 5.69 Å². The summed E-state index contributed by atoms with van der Waals surface area (Å²) in [5, 5.41) is 27.9. The number of H-pyrrole nitrogens is 1. The van der Waals surface area contributed by atoms with Crippen molar-refractivity contribution in [3.8, 4) is 5.75 Å². The fraction of sp³-hybridized carbons (Fsp3) is 0.444. The van der Waals surface area contributed by atoms with Crippen LogP contribution < -0.4 is 5.56 Å². The lowest BCUT2D eigenvalue weighted by molar-refractivity contribution is 0.0281. The van der Waals surface area contributed by atoms with Crippen LogP contribution in [-0.2, 0) is 0 Å². The normalized spacial score (nSPS) is 15.1. The molecule has 0 saturated heterocycles. The molecule has 4 N–H and O–H groups in total. The molecule has 14 heavy (non-hydrogen) atoms. The lowest BCUT2D eigenvalue weighted by Gasteiger charge is -2.14. The average molecular weight is 199 g/mol. The zero-order valence-corrected chi connectivity index (χ0v) is 7.98. The number of hydrogen-bond acceptors (Lipinski definition) is 4. The minimum Gasteiger partial charge on any atom is -0.507 e. The SMILES string of the molecule is Cc1cc(O)c(C(O)C(C)O)c(=O)[nH]1. The molecule has 0 saturated carbocycles. The van der Waals surface area contributed by atoms with E-state index >= 15 is 0 Å². The van der Waals surface area contributed by atoms with Gasteiger partial charge in [0.05, 0.1) is 11.7 Å². The molecule has 0 aromatic carbocycles. The van der Waals surface area contributed by atoms with Crippen molar-refractivity contribution in [3.63, 3.8) is 0 Å². The summed E-state index contributed by atoms with van der Waals surface area (Å²) in [5.41, 5.74) is -0.296. The summed E-state index contributed by atoms with van der Waals surface area (Å²) in [6.07, 6.45) is -2.48. The highest BCUT2D eigenvalue weighted by Gasteiger charge is 2.21. The summed E-state index contributed by atoms with van der Waals surface area (Å²) in [6.45, 7) is 2.95. The van der Waals surface area contributed by atoms with Gasteiger partial charge < -0.3 is 20.3 Å². The number of aromatic amines is 1. The van der Waals surface area contributed by atoms with Crippen LogP contribution in [0.25, 0.3) is 0 Å². The number of aromatic hydroxyl groups is 1. The molecule has 5 nitrogen and oxygen atoms in total. The number of aromatic nitrogens is 1. The minimum absolute atomic E-state index is 0.203. The lowest BCUT2D eigenvalue weighted by atomic mass is 10.1. The Morgan fingerprint density at radius 1 is 1.43 bits per heavy atom. The summed E-state index contributed by atoms with van der Waals surface area (Å²) in [6, 6.07) is 1.32. The van der Waals surface area contributed by atoms with Gasteiger partial charge in [0.2, 0.25) is 0 Å². The highest BCUT2D eigenvalue weighted by molar-refractivity contribution is 5.33. The van der Waals surface area contributed by atoms with Gasteiger partial charge in [0.1, 0.15) is 11.9 Å². The Bertz CT molecular complexity index is 383. The second-order valence-electron chi connectivity index (χ2n) is 3.27. The Hall–Kier alpha value is -1.33. The quantitative estimate of drug-likeness (QED) is 0.530. The fourth-order valence-corrected chi connectivity index (χ4v) is 1.21. The second kappa shape index (κ2) is 3.81. The third-order valence-electron chi connectivity index (χ3n) is 1.94. The van der Waals surface area contributed by atoms with Crippen molar-refractivity contribution < 1.29 is 15.3 Å². The Kier molecular flexibility index (Phi) is 2.93. The molecule has 78 valence electrons. The van der Waals surface area contributed by atoms with Crippen LogP contribution in [0.3, 0.4) is 0 Å². The van der Waals surface area contributed by atoms with E-state index in [1.807, 2.05) is 0 Å². The molecule has 1 heterocycles. The first-order valence-corrected chi connectivity index (χ1v) is 4.22. The van der Waals surface area contributed by atoms with E-state index < -0.39 is 17.8 Å². The number of rotatable bonds is 2. The molecule has 2 unspecified atom stereocenters. The van der Waals surface area contributed by atoms with Crippen molar-refractivity contribution in [1.29, 1.82) is 0 Å². The molecule has 0 radical (unpaired) electrons. The van der Waals surface area contributed by atoms with Crippen molar-refractivity contribution in [2.24, 2.45) is 0 Å². The first-order chi connectivity index (χ1) is 6.43. The van der Waals surface area contributed by atoms with E-state index in [2.05, 4.69) is 4.98 Å². The summed E-state index contributed by atoms with van der Waals surface area (Å²) in [7, 11) is 0. The molecule has 0 spiro atoms. The van der Waals surface area contributed by atoms with Gasteiger partial charge in [0.25, 0.3) is 5.56 Å². The Morgan fingerprint density at radius 3 is 2.43 bits per heavy atom. The molecule has 0 aliphatic rings. The molecule has 0 amide bonds. The molecule has 0 aliphatic heterocycles. The van der Waals surface area contributed by atoms with Crippen molar-refractivity contribution in [1.82, 2.24) is 4.98 Å². The third kappa shape index (κ3) is 1.94. The zero-order chi connectivity index (χ0) is 10.9. The predicted molar refractivity (Wildman–Crippen MR) is 50.1 cm³/mol. The number of pyridine rings is 1. The maximum absolute atomic E-state index is 11.3. The van der Waals surface area contributed by atoms with Gasteiger partial charge >= 0.3 is 0 Å². The topological polar surface area (TPSA) is 93.5 Å². The molecule has 0 fully saturated rings. The van der Waals surface area contributed by atoms with Crippen molar-refractivity contribution in [3.05, 3.63) is 27.7 Å². The summed E-state index contributed by atoms with van der Waals surface area (Å²) < 4.78 is 0. The van der Waals surface area contributed by atoms with Crippen LogP contribution in [0.1, 0.15) is 24.3 Å². The van der Waals surface area contributed by atoms with E-state index in [1.165, 1.54) is 13.0 Å². The number of nitrogens with one attached hydrogen (secondary N) is 1. The van der Waals surface area contributed by atoms with Gasteiger partial charge in [-0.15, -0.1) is 0 Å². The molecule has 1 rings (SSSR count). The molecular formula is C9H13NO4. The number of aliphatic hydroxyl groups excluding tert-OH is 2. The van der Waals surface area contributed by atoms with Crippen LogP contribution in [0.15, 0.2) is 10.9 Å². The largest absolute Gasteiger partial charge is 0.507 e. The second-order valence-corrected chi connectivity index (χ2v) is 3.27. The monoisotopic (exact) mass is 199 g/mol. The summed E-state index contributed by atoms with van der Waals surface area (Å²) in [5.74, 6) is -0.306. The average Bonchev–Trinajstić information content (AvgIpc) is 2.01. The molecule has 0 aliphatic carbocycles. The van der Waals surface area contributed by atoms with Crippen molar-refractivity contribution in [2.75, 3.05) is 0 Å². The van der Waals surface area contributed by atoms with Gasteiger partial charge in [-0.1, -0.05) is 0 Å². The predicted octanol–water partition coefficient (Wildman–Crippen LogP) is -0.197. The van der Waals surface area contributed by atoms with Crippen LogP contribution in [0, 0.1) is 6.92 Å². The molecule has 5 heteroatoms. The van der Waals surface area contributed by atoms with Gasteiger partial charge in [-0.2, -0.15) is 0 Å². The van der Waals surface area contributed by atoms with Crippen molar-refractivity contribution >= 4 is 0 Å². The van der Waals surface area contributed by atoms with Gasteiger partial charge in [-0.05, 0) is 19.9 Å². The third-order valence-corrected chi connectivity index (χ3v) is 1.94. The van der Waals surface area contributed by atoms with E-state index in [9.17, 15) is 15.0 Å². The van der Waals surface area contributed by atoms with Gasteiger partial charge in [-0.25, -0.2) is 0 Å². The first-order valence-electron chi connectivity index (χ1n) is 4.22. The Labute approximate surface area is 80.7 Å².